The number of thiazole rings is 1. The minimum absolute atomic E-state index is 0.197. The summed E-state index contributed by atoms with van der Waals surface area (Å²) in [7, 11) is 0. The smallest absolute Gasteiger partial charge is 0.409 e. The van der Waals surface area contributed by atoms with E-state index < -0.39 is 0 Å². The maximum atomic E-state index is 12.4. The summed E-state index contributed by atoms with van der Waals surface area (Å²) >= 11 is 1.39. The molecule has 25 heavy (non-hydrogen) atoms. The molecule has 8 heteroatoms. The van der Waals surface area contributed by atoms with E-state index in [4.69, 9.17) is 4.74 Å². The molecular formula is C17H20N4O3S. The summed E-state index contributed by atoms with van der Waals surface area (Å²) in [5.74, 6) is 0. The van der Waals surface area contributed by atoms with Gasteiger partial charge in [-0.1, -0.05) is 30.3 Å². The largest absolute Gasteiger partial charge is 0.450 e. The van der Waals surface area contributed by atoms with Crippen molar-refractivity contribution in [3.05, 3.63) is 35.7 Å². The van der Waals surface area contributed by atoms with Crippen LogP contribution in [0.15, 0.2) is 35.7 Å². The molecule has 7 nitrogen and oxygen atoms in total. The van der Waals surface area contributed by atoms with Crippen LogP contribution in [0.5, 0.6) is 0 Å². The molecule has 1 fully saturated rings. The lowest BCUT2D eigenvalue weighted by molar-refractivity contribution is 0.0868. The molecule has 1 aliphatic rings. The van der Waals surface area contributed by atoms with Crippen LogP contribution in [0.3, 0.4) is 0 Å². The van der Waals surface area contributed by atoms with E-state index in [2.05, 4.69) is 10.3 Å². The van der Waals surface area contributed by atoms with Gasteiger partial charge in [0, 0.05) is 37.1 Å². The van der Waals surface area contributed by atoms with Crippen LogP contribution in [-0.4, -0.2) is 59.7 Å². The normalized spacial score (nSPS) is 14.3. The third kappa shape index (κ3) is 4.27. The predicted molar refractivity (Wildman–Crippen MR) is 96.7 cm³/mol. The molecule has 2 heterocycles. The highest BCUT2D eigenvalue weighted by Gasteiger charge is 2.25. The summed E-state index contributed by atoms with van der Waals surface area (Å²) in [6.07, 6.45) is -0.324. The lowest BCUT2D eigenvalue weighted by Crippen LogP contribution is -2.51. The first-order valence-electron chi connectivity index (χ1n) is 8.16. The lowest BCUT2D eigenvalue weighted by atomic mass is 10.2. The zero-order chi connectivity index (χ0) is 17.6. The molecule has 0 bridgehead atoms. The Balaban J connectivity index is 1.54. The minimum Gasteiger partial charge on any atom is -0.450 e. The van der Waals surface area contributed by atoms with Crippen LogP contribution in [0, 0.1) is 0 Å². The van der Waals surface area contributed by atoms with E-state index in [1.54, 1.807) is 16.7 Å². The van der Waals surface area contributed by atoms with Crippen molar-refractivity contribution < 1.29 is 14.3 Å². The molecule has 2 aromatic rings. The quantitative estimate of drug-likeness (QED) is 0.913. The Kier molecular flexibility index (Phi) is 5.49. The van der Waals surface area contributed by atoms with Gasteiger partial charge in [0.15, 0.2) is 5.13 Å². The molecule has 1 N–H and O–H groups in total. The number of piperazine rings is 1. The first-order valence-corrected chi connectivity index (χ1v) is 9.04. The van der Waals surface area contributed by atoms with Crippen molar-refractivity contribution in [2.24, 2.45) is 0 Å². The predicted octanol–water partition coefficient (Wildman–Crippen LogP) is 3.12. The molecule has 1 saturated heterocycles. The summed E-state index contributed by atoms with van der Waals surface area (Å²) in [6.45, 7) is 4.02. The Morgan fingerprint density at radius 1 is 1.16 bits per heavy atom. The van der Waals surface area contributed by atoms with Crippen molar-refractivity contribution in [1.82, 2.24) is 14.8 Å². The molecule has 0 unspecified atom stereocenters. The number of nitrogens with zero attached hydrogens (tertiary/aromatic N) is 3. The summed E-state index contributed by atoms with van der Waals surface area (Å²) in [6, 6.07) is 9.63. The Bertz CT molecular complexity index is 727. The monoisotopic (exact) mass is 360 g/mol. The van der Waals surface area contributed by atoms with Gasteiger partial charge in [-0.15, -0.1) is 11.3 Å². The van der Waals surface area contributed by atoms with Gasteiger partial charge >= 0.3 is 12.1 Å². The van der Waals surface area contributed by atoms with Crippen LogP contribution < -0.4 is 5.32 Å². The zero-order valence-corrected chi connectivity index (χ0v) is 14.8. The lowest BCUT2D eigenvalue weighted by Gasteiger charge is -2.33. The standard InChI is InChI=1S/C17H20N4O3S/c1-2-24-17(23)21-10-8-20(9-11-21)16(22)19-15-18-14(12-25-15)13-6-4-3-5-7-13/h3-7,12H,2,8-11H2,1H3,(H,18,19,22). The van der Waals surface area contributed by atoms with Gasteiger partial charge in [0.05, 0.1) is 12.3 Å². The molecule has 0 spiro atoms. The molecule has 1 aliphatic heterocycles. The fourth-order valence-corrected chi connectivity index (χ4v) is 3.26. The van der Waals surface area contributed by atoms with Crippen LogP contribution in [0.1, 0.15) is 6.92 Å². The Hall–Kier alpha value is -2.61. The molecule has 1 aromatic heterocycles. The number of rotatable bonds is 3. The van der Waals surface area contributed by atoms with E-state index in [0.717, 1.165) is 11.3 Å². The molecule has 3 rings (SSSR count). The van der Waals surface area contributed by atoms with Crippen LogP contribution in [0.2, 0.25) is 0 Å². The third-order valence-electron chi connectivity index (χ3n) is 3.88. The molecule has 3 amide bonds. The molecule has 1 aromatic carbocycles. The number of carbonyl (C=O) groups is 2. The van der Waals surface area contributed by atoms with E-state index in [9.17, 15) is 9.59 Å². The second-order valence-corrected chi connectivity index (χ2v) is 6.37. The summed E-state index contributed by atoms with van der Waals surface area (Å²) in [5, 5.41) is 5.32. The van der Waals surface area contributed by atoms with Crippen LogP contribution in [0.4, 0.5) is 14.7 Å². The highest BCUT2D eigenvalue weighted by Crippen LogP contribution is 2.24. The van der Waals surface area contributed by atoms with E-state index in [1.165, 1.54) is 11.3 Å². The first-order chi connectivity index (χ1) is 12.2. The Morgan fingerprint density at radius 3 is 2.52 bits per heavy atom. The van der Waals surface area contributed by atoms with Crippen LogP contribution in [-0.2, 0) is 4.74 Å². The van der Waals surface area contributed by atoms with Gasteiger partial charge in [0.1, 0.15) is 0 Å². The molecule has 0 atom stereocenters. The van der Waals surface area contributed by atoms with Gasteiger partial charge in [-0.05, 0) is 6.92 Å². The fourth-order valence-electron chi connectivity index (χ4n) is 2.55. The molecular weight excluding hydrogens is 340 g/mol. The maximum absolute atomic E-state index is 12.4. The van der Waals surface area contributed by atoms with Crippen molar-refractivity contribution in [3.8, 4) is 11.3 Å². The van der Waals surface area contributed by atoms with Crippen LogP contribution in [0.25, 0.3) is 11.3 Å². The van der Waals surface area contributed by atoms with E-state index in [-0.39, 0.29) is 12.1 Å². The van der Waals surface area contributed by atoms with Gasteiger partial charge < -0.3 is 14.5 Å². The molecule has 0 aliphatic carbocycles. The summed E-state index contributed by atoms with van der Waals surface area (Å²) < 4.78 is 4.98. The average molecular weight is 360 g/mol. The van der Waals surface area contributed by atoms with Crippen molar-refractivity contribution in [1.29, 1.82) is 0 Å². The van der Waals surface area contributed by atoms with E-state index in [0.29, 0.717) is 37.9 Å². The van der Waals surface area contributed by atoms with Crippen molar-refractivity contribution in [2.75, 3.05) is 38.1 Å². The number of nitrogens with one attached hydrogen (secondary N) is 1. The van der Waals surface area contributed by atoms with E-state index in [1.807, 2.05) is 35.7 Å². The van der Waals surface area contributed by atoms with Crippen molar-refractivity contribution in [2.45, 2.75) is 6.92 Å². The number of aromatic nitrogens is 1. The Labute approximate surface area is 150 Å². The first kappa shape index (κ1) is 17.2. The average Bonchev–Trinajstić information content (AvgIpc) is 3.11. The highest BCUT2D eigenvalue weighted by molar-refractivity contribution is 7.14. The molecule has 0 saturated carbocycles. The number of urea groups is 1. The number of carbonyl (C=O) groups excluding carboxylic acids is 2. The summed E-state index contributed by atoms with van der Waals surface area (Å²) in [5.41, 5.74) is 1.86. The van der Waals surface area contributed by atoms with Gasteiger partial charge in [0.2, 0.25) is 0 Å². The topological polar surface area (TPSA) is 74.8 Å². The number of benzene rings is 1. The fraction of sp³-hybridized carbons (Fsp3) is 0.353. The second-order valence-electron chi connectivity index (χ2n) is 5.51. The number of anilines is 1. The van der Waals surface area contributed by atoms with Gasteiger partial charge in [-0.25, -0.2) is 14.6 Å². The SMILES string of the molecule is CCOC(=O)N1CCN(C(=O)Nc2nc(-c3ccccc3)cs2)CC1. The van der Waals surface area contributed by atoms with Gasteiger partial charge in [-0.3, -0.25) is 5.32 Å². The second kappa shape index (κ2) is 7.98. The number of hydrogen-bond donors (Lipinski definition) is 1. The molecule has 132 valence electrons. The number of amides is 3. The number of ether oxygens (including phenoxy) is 1. The Morgan fingerprint density at radius 2 is 1.84 bits per heavy atom. The third-order valence-corrected chi connectivity index (χ3v) is 4.64. The van der Waals surface area contributed by atoms with Gasteiger partial charge in [0.25, 0.3) is 0 Å². The highest BCUT2D eigenvalue weighted by atomic mass is 32.1. The van der Waals surface area contributed by atoms with Crippen LogP contribution >= 0.6 is 11.3 Å². The minimum atomic E-state index is -0.324. The van der Waals surface area contributed by atoms with Crippen molar-refractivity contribution in [3.63, 3.8) is 0 Å². The van der Waals surface area contributed by atoms with Crippen molar-refractivity contribution >= 4 is 28.6 Å². The maximum Gasteiger partial charge on any atom is 0.409 e. The van der Waals surface area contributed by atoms with Gasteiger partial charge in [-0.2, -0.15) is 0 Å². The summed E-state index contributed by atoms with van der Waals surface area (Å²) in [4.78, 5) is 31.8. The number of hydrogen-bond acceptors (Lipinski definition) is 5. The molecule has 0 radical (unpaired) electrons. The van der Waals surface area contributed by atoms with E-state index >= 15 is 0 Å². The zero-order valence-electron chi connectivity index (χ0n) is 14.0.